The molecular weight excluding hydrogens is 462 g/mol. The van der Waals surface area contributed by atoms with E-state index in [1.165, 1.54) is 0 Å². The largest absolute Gasteiger partial charge is 0.489 e. The van der Waals surface area contributed by atoms with E-state index in [9.17, 15) is 4.79 Å². The molecule has 3 aromatic carbocycles. The average molecular weight is 490 g/mol. The predicted octanol–water partition coefficient (Wildman–Crippen LogP) is 6.58. The molecular formula is C28H28ClN3O3. The number of carbonyl (C=O) groups excluding carboxylic acids is 1. The molecule has 0 unspecified atom stereocenters. The Morgan fingerprint density at radius 3 is 2.63 bits per heavy atom. The number of rotatable bonds is 9. The van der Waals surface area contributed by atoms with Crippen molar-refractivity contribution >= 4 is 17.5 Å². The smallest absolute Gasteiger partial charge is 0.254 e. The molecule has 1 aromatic heterocycles. The zero-order chi connectivity index (χ0) is 24.8. The molecule has 0 aliphatic carbocycles. The summed E-state index contributed by atoms with van der Waals surface area (Å²) in [5, 5.41) is 4.76. The van der Waals surface area contributed by atoms with Crippen LogP contribution in [0.3, 0.4) is 0 Å². The molecule has 0 fully saturated rings. The number of ether oxygens (including phenoxy) is 1. The summed E-state index contributed by atoms with van der Waals surface area (Å²) < 4.78 is 11.4. The van der Waals surface area contributed by atoms with Gasteiger partial charge in [0.15, 0.2) is 0 Å². The number of aryl methyl sites for hydroxylation is 1. The predicted molar refractivity (Wildman–Crippen MR) is 136 cm³/mol. The van der Waals surface area contributed by atoms with Crippen LogP contribution < -0.4 is 4.74 Å². The molecule has 0 spiro atoms. The highest BCUT2D eigenvalue weighted by atomic mass is 35.5. The summed E-state index contributed by atoms with van der Waals surface area (Å²) >= 11 is 6.23. The van der Waals surface area contributed by atoms with Crippen LogP contribution >= 0.6 is 11.6 Å². The summed E-state index contributed by atoms with van der Waals surface area (Å²) in [6, 6.07) is 22.6. The maximum absolute atomic E-state index is 13.4. The van der Waals surface area contributed by atoms with Gasteiger partial charge < -0.3 is 14.2 Å². The van der Waals surface area contributed by atoms with Crippen molar-refractivity contribution in [2.75, 3.05) is 6.54 Å². The molecule has 7 heteroatoms. The van der Waals surface area contributed by atoms with Crippen LogP contribution in [0.4, 0.5) is 0 Å². The van der Waals surface area contributed by atoms with Gasteiger partial charge in [0.25, 0.3) is 5.91 Å². The molecule has 0 bridgehead atoms. The highest BCUT2D eigenvalue weighted by Crippen LogP contribution is 2.22. The van der Waals surface area contributed by atoms with E-state index >= 15 is 0 Å². The number of aromatic nitrogens is 2. The molecule has 4 rings (SSSR count). The summed E-state index contributed by atoms with van der Waals surface area (Å²) in [5.41, 5.74) is 3.40. The van der Waals surface area contributed by atoms with Gasteiger partial charge in [0.1, 0.15) is 18.9 Å². The van der Waals surface area contributed by atoms with E-state index < -0.39 is 0 Å². The Labute approximate surface area is 210 Å². The topological polar surface area (TPSA) is 68.5 Å². The number of benzene rings is 3. The molecule has 35 heavy (non-hydrogen) atoms. The summed E-state index contributed by atoms with van der Waals surface area (Å²) in [6.45, 7) is 7.23. The minimum Gasteiger partial charge on any atom is -0.489 e. The van der Waals surface area contributed by atoms with Crippen molar-refractivity contribution in [1.82, 2.24) is 15.0 Å². The summed E-state index contributed by atoms with van der Waals surface area (Å²) in [6.07, 6.45) is 0. The van der Waals surface area contributed by atoms with Crippen molar-refractivity contribution in [3.63, 3.8) is 0 Å². The number of carbonyl (C=O) groups is 1. The van der Waals surface area contributed by atoms with Gasteiger partial charge in [-0.2, -0.15) is 4.98 Å². The van der Waals surface area contributed by atoms with Gasteiger partial charge in [0.05, 0.1) is 0 Å². The van der Waals surface area contributed by atoms with Crippen molar-refractivity contribution in [3.05, 3.63) is 100 Å². The van der Waals surface area contributed by atoms with Crippen LogP contribution in [0.15, 0.2) is 77.3 Å². The maximum Gasteiger partial charge on any atom is 0.254 e. The number of amides is 1. The summed E-state index contributed by atoms with van der Waals surface area (Å²) in [7, 11) is 0. The van der Waals surface area contributed by atoms with E-state index in [-0.39, 0.29) is 18.4 Å². The van der Waals surface area contributed by atoms with Crippen LogP contribution in [0.2, 0.25) is 5.02 Å². The average Bonchev–Trinajstić information content (AvgIpc) is 3.31. The van der Waals surface area contributed by atoms with Gasteiger partial charge in [-0.05, 0) is 43.2 Å². The third-order valence-corrected chi connectivity index (χ3v) is 5.75. The van der Waals surface area contributed by atoms with E-state index in [1.807, 2.05) is 67.6 Å². The molecule has 6 nitrogen and oxygen atoms in total. The van der Waals surface area contributed by atoms with Gasteiger partial charge >= 0.3 is 0 Å². The third kappa shape index (κ3) is 6.49. The quantitative estimate of drug-likeness (QED) is 0.266. The van der Waals surface area contributed by atoms with Crippen molar-refractivity contribution in [2.24, 2.45) is 5.92 Å². The normalized spacial score (nSPS) is 11.0. The monoisotopic (exact) mass is 489 g/mol. The molecule has 0 radical (unpaired) electrons. The van der Waals surface area contributed by atoms with Gasteiger partial charge in [-0.25, -0.2) is 0 Å². The molecule has 0 saturated heterocycles. The minimum atomic E-state index is -0.128. The highest BCUT2D eigenvalue weighted by molar-refractivity contribution is 6.31. The summed E-state index contributed by atoms with van der Waals surface area (Å²) in [5.74, 6) is 1.63. The Balaban J connectivity index is 1.49. The van der Waals surface area contributed by atoms with Gasteiger partial charge in [0.2, 0.25) is 11.7 Å². The lowest BCUT2D eigenvalue weighted by molar-refractivity contribution is 0.0702. The molecule has 0 N–H and O–H groups in total. The fraction of sp³-hybridized carbons (Fsp3) is 0.250. The molecule has 0 saturated carbocycles. The van der Waals surface area contributed by atoms with Crippen molar-refractivity contribution in [1.29, 1.82) is 0 Å². The maximum atomic E-state index is 13.4. The second-order valence-electron chi connectivity index (χ2n) is 8.87. The molecule has 1 heterocycles. The van der Waals surface area contributed by atoms with Gasteiger partial charge in [0, 0.05) is 28.3 Å². The molecule has 180 valence electrons. The van der Waals surface area contributed by atoms with Gasteiger partial charge in [-0.3, -0.25) is 4.79 Å². The zero-order valence-electron chi connectivity index (χ0n) is 20.1. The van der Waals surface area contributed by atoms with E-state index in [0.717, 1.165) is 16.7 Å². The van der Waals surface area contributed by atoms with Crippen molar-refractivity contribution in [3.8, 4) is 17.1 Å². The zero-order valence-corrected chi connectivity index (χ0v) is 20.8. The first-order chi connectivity index (χ1) is 16.9. The second-order valence-corrected chi connectivity index (χ2v) is 9.28. The van der Waals surface area contributed by atoms with Gasteiger partial charge in [-0.15, -0.1) is 0 Å². The highest BCUT2D eigenvalue weighted by Gasteiger charge is 2.21. The molecule has 0 atom stereocenters. The molecule has 4 aromatic rings. The number of hydrogen-bond donors (Lipinski definition) is 0. The number of nitrogens with zero attached hydrogens (tertiary/aromatic N) is 3. The van der Waals surface area contributed by atoms with E-state index in [2.05, 4.69) is 24.0 Å². The van der Waals surface area contributed by atoms with Crippen LogP contribution in [0.1, 0.15) is 41.2 Å². The molecule has 1 amide bonds. The first-order valence-corrected chi connectivity index (χ1v) is 11.9. The second kappa shape index (κ2) is 11.2. The summed E-state index contributed by atoms with van der Waals surface area (Å²) in [4.78, 5) is 19.7. The van der Waals surface area contributed by atoms with Crippen LogP contribution in [-0.2, 0) is 13.2 Å². The van der Waals surface area contributed by atoms with Crippen molar-refractivity contribution in [2.45, 2.75) is 33.9 Å². The lowest BCUT2D eigenvalue weighted by Gasteiger charge is -2.23. The Kier molecular flexibility index (Phi) is 7.83. The standard InChI is InChI=1S/C28H28ClN3O3/c1-19(2)16-32(17-26-30-27(31-35-26)21-10-6-8-20(3)14-21)28(33)22-11-7-12-24(15-22)34-18-23-9-4-5-13-25(23)29/h4-15,19H,16-18H2,1-3H3. The lowest BCUT2D eigenvalue weighted by Crippen LogP contribution is -2.33. The van der Waals surface area contributed by atoms with Crippen LogP contribution in [0.5, 0.6) is 5.75 Å². The van der Waals surface area contributed by atoms with E-state index in [4.69, 9.17) is 20.9 Å². The fourth-order valence-electron chi connectivity index (χ4n) is 3.72. The molecule has 0 aliphatic heterocycles. The number of hydrogen-bond acceptors (Lipinski definition) is 5. The fourth-order valence-corrected chi connectivity index (χ4v) is 3.91. The molecule has 0 aliphatic rings. The van der Waals surface area contributed by atoms with Crippen LogP contribution in [-0.4, -0.2) is 27.5 Å². The Morgan fingerprint density at radius 2 is 1.86 bits per heavy atom. The minimum absolute atomic E-state index is 0.128. The van der Waals surface area contributed by atoms with E-state index in [1.54, 1.807) is 17.0 Å². The Hall–Kier alpha value is -3.64. The number of halogens is 1. The van der Waals surface area contributed by atoms with Crippen LogP contribution in [0.25, 0.3) is 11.4 Å². The Morgan fingerprint density at radius 1 is 1.06 bits per heavy atom. The third-order valence-electron chi connectivity index (χ3n) is 5.38. The first-order valence-electron chi connectivity index (χ1n) is 11.5. The lowest BCUT2D eigenvalue weighted by atomic mass is 10.1. The first kappa shape index (κ1) is 24.5. The Bertz CT molecular complexity index is 1300. The van der Waals surface area contributed by atoms with E-state index in [0.29, 0.717) is 41.2 Å². The van der Waals surface area contributed by atoms with Crippen LogP contribution in [0, 0.1) is 12.8 Å². The van der Waals surface area contributed by atoms with Crippen molar-refractivity contribution < 1.29 is 14.1 Å². The SMILES string of the molecule is Cc1cccc(-c2noc(CN(CC(C)C)C(=O)c3cccc(OCc4ccccc4Cl)c3)n2)c1. The van der Waals surface area contributed by atoms with Gasteiger partial charge in [-0.1, -0.05) is 78.6 Å².